The Morgan fingerprint density at radius 2 is 2.05 bits per heavy atom. The van der Waals surface area contributed by atoms with E-state index in [0.717, 1.165) is 0 Å². The zero-order valence-electron chi connectivity index (χ0n) is 11.4. The lowest BCUT2D eigenvalue weighted by Gasteiger charge is -2.19. The number of unbranched alkanes of at least 4 members (excludes halogenated alkanes) is 1. The van der Waals surface area contributed by atoms with Crippen LogP contribution >= 0.6 is 0 Å². The summed E-state index contributed by atoms with van der Waals surface area (Å²) in [6.07, 6.45) is 0.864. The quantitative estimate of drug-likeness (QED) is 0.319. The molecule has 1 amide bonds. The molecule has 19 heavy (non-hydrogen) atoms. The van der Waals surface area contributed by atoms with Crippen LogP contribution in [0.4, 0.5) is 4.79 Å². The second kappa shape index (κ2) is 8.20. The first kappa shape index (κ1) is 17.1. The number of alkyl carbamates (subject to hydrolysis) is 1. The van der Waals surface area contributed by atoms with Gasteiger partial charge >= 0.3 is 12.1 Å². The Morgan fingerprint density at radius 3 is 2.53 bits per heavy atom. The van der Waals surface area contributed by atoms with Crippen LogP contribution in [0.25, 0.3) is 10.4 Å². The first-order chi connectivity index (χ1) is 8.76. The summed E-state index contributed by atoms with van der Waals surface area (Å²) in [7, 11) is 0. The molecule has 0 heterocycles. The van der Waals surface area contributed by atoms with Crippen molar-refractivity contribution in [2.24, 2.45) is 5.11 Å². The van der Waals surface area contributed by atoms with Crippen LogP contribution in [0.15, 0.2) is 5.11 Å². The molecule has 8 heteroatoms. The molecule has 8 nitrogen and oxygen atoms in total. The average Bonchev–Trinajstić information content (AvgIpc) is 2.24. The summed E-state index contributed by atoms with van der Waals surface area (Å²) in [5.74, 6) is -1.14. The predicted octanol–water partition coefficient (Wildman–Crippen LogP) is 2.44. The van der Waals surface area contributed by atoms with Gasteiger partial charge in [-0.2, -0.15) is 0 Å². The number of hydrogen-bond acceptors (Lipinski definition) is 4. The van der Waals surface area contributed by atoms with Crippen LogP contribution in [0.5, 0.6) is 0 Å². The maximum atomic E-state index is 11.3. The van der Waals surface area contributed by atoms with Crippen molar-refractivity contribution in [3.8, 4) is 0 Å². The SMILES string of the molecule is CC(C)(C)OC(=O)NCCCC[C@H](N=[N+]=[N-])C(=O)O. The van der Waals surface area contributed by atoms with Crippen molar-refractivity contribution >= 4 is 12.1 Å². The zero-order chi connectivity index (χ0) is 14.9. The molecule has 0 aliphatic carbocycles. The van der Waals surface area contributed by atoms with Crippen molar-refractivity contribution in [2.75, 3.05) is 6.54 Å². The molecule has 0 saturated carbocycles. The van der Waals surface area contributed by atoms with Gasteiger partial charge in [-0.25, -0.2) is 4.79 Å². The monoisotopic (exact) mass is 272 g/mol. The van der Waals surface area contributed by atoms with E-state index >= 15 is 0 Å². The van der Waals surface area contributed by atoms with E-state index in [1.165, 1.54) is 0 Å². The number of carbonyl (C=O) groups excluding carboxylic acids is 1. The summed E-state index contributed by atoms with van der Waals surface area (Å²) in [5, 5.41) is 14.5. The Labute approximate surface area is 111 Å². The topological polar surface area (TPSA) is 124 Å². The summed E-state index contributed by atoms with van der Waals surface area (Å²) in [4.78, 5) is 24.4. The van der Waals surface area contributed by atoms with Crippen LogP contribution in [0.1, 0.15) is 40.0 Å². The highest BCUT2D eigenvalue weighted by Gasteiger charge is 2.16. The minimum Gasteiger partial charge on any atom is -0.481 e. The molecule has 0 saturated heterocycles. The standard InChI is InChI=1S/C11H20N4O4/c1-11(2,3)19-10(18)13-7-5-4-6-8(9(16)17)14-15-12/h8H,4-7H2,1-3H3,(H,13,18)(H,16,17)/t8-/m0/s1. The van der Waals surface area contributed by atoms with E-state index in [2.05, 4.69) is 15.3 Å². The molecule has 0 radical (unpaired) electrons. The van der Waals surface area contributed by atoms with E-state index in [9.17, 15) is 9.59 Å². The minimum atomic E-state index is -1.14. The second-order valence-corrected chi connectivity index (χ2v) is 4.98. The van der Waals surface area contributed by atoms with Crippen LogP contribution in [0, 0.1) is 0 Å². The van der Waals surface area contributed by atoms with E-state index in [1.807, 2.05) is 0 Å². The molecule has 108 valence electrons. The largest absolute Gasteiger partial charge is 0.481 e. The molecular formula is C11H20N4O4. The van der Waals surface area contributed by atoms with Gasteiger partial charge in [0.25, 0.3) is 0 Å². The molecule has 0 rings (SSSR count). The number of nitrogens with one attached hydrogen (secondary N) is 1. The first-order valence-electron chi connectivity index (χ1n) is 6.00. The fourth-order valence-corrected chi connectivity index (χ4v) is 1.26. The summed E-state index contributed by atoms with van der Waals surface area (Å²) in [6, 6.07) is -1.05. The number of aliphatic carboxylic acids is 1. The maximum Gasteiger partial charge on any atom is 0.407 e. The molecule has 0 aromatic rings. The fraction of sp³-hybridized carbons (Fsp3) is 0.818. The second-order valence-electron chi connectivity index (χ2n) is 4.98. The van der Waals surface area contributed by atoms with Gasteiger partial charge in [-0.1, -0.05) is 11.5 Å². The average molecular weight is 272 g/mol. The highest BCUT2D eigenvalue weighted by molar-refractivity contribution is 5.73. The van der Waals surface area contributed by atoms with Gasteiger partial charge in [-0.05, 0) is 39.1 Å². The lowest BCUT2D eigenvalue weighted by molar-refractivity contribution is -0.138. The van der Waals surface area contributed by atoms with Gasteiger partial charge < -0.3 is 15.2 Å². The van der Waals surface area contributed by atoms with Crippen molar-refractivity contribution in [1.82, 2.24) is 5.32 Å². The molecular weight excluding hydrogens is 252 g/mol. The lowest BCUT2D eigenvalue weighted by atomic mass is 10.1. The van der Waals surface area contributed by atoms with Crippen molar-refractivity contribution in [3.05, 3.63) is 10.4 Å². The first-order valence-corrected chi connectivity index (χ1v) is 6.00. The van der Waals surface area contributed by atoms with E-state index < -0.39 is 23.7 Å². The lowest BCUT2D eigenvalue weighted by Crippen LogP contribution is -2.33. The Hall–Kier alpha value is -1.95. The number of carboxylic acids is 1. The Morgan fingerprint density at radius 1 is 1.42 bits per heavy atom. The third kappa shape index (κ3) is 9.72. The zero-order valence-corrected chi connectivity index (χ0v) is 11.4. The summed E-state index contributed by atoms with van der Waals surface area (Å²) < 4.78 is 5.03. The number of hydrogen-bond donors (Lipinski definition) is 2. The molecule has 0 aromatic carbocycles. The van der Waals surface area contributed by atoms with Gasteiger partial charge in [0, 0.05) is 11.5 Å². The Balaban J connectivity index is 3.78. The number of azide groups is 1. The van der Waals surface area contributed by atoms with E-state index in [4.69, 9.17) is 15.4 Å². The third-order valence-electron chi connectivity index (χ3n) is 2.05. The number of carbonyl (C=O) groups is 2. The van der Waals surface area contributed by atoms with Gasteiger partial charge in [-0.15, -0.1) is 0 Å². The van der Waals surface area contributed by atoms with Crippen LogP contribution < -0.4 is 5.32 Å². The highest BCUT2D eigenvalue weighted by Crippen LogP contribution is 2.07. The summed E-state index contributed by atoms with van der Waals surface area (Å²) in [6.45, 7) is 5.69. The Bertz CT molecular complexity index is 356. The van der Waals surface area contributed by atoms with Gasteiger partial charge in [0.2, 0.25) is 0 Å². The summed E-state index contributed by atoms with van der Waals surface area (Å²) in [5.41, 5.74) is 7.65. The van der Waals surface area contributed by atoms with Crippen LogP contribution in [-0.2, 0) is 9.53 Å². The normalized spacial score (nSPS) is 12.2. The Kier molecular flexibility index (Phi) is 7.36. The highest BCUT2D eigenvalue weighted by atomic mass is 16.6. The molecule has 0 aromatic heterocycles. The van der Waals surface area contributed by atoms with Crippen molar-refractivity contribution in [2.45, 2.75) is 51.7 Å². The van der Waals surface area contributed by atoms with Gasteiger partial charge in [0.05, 0.1) is 0 Å². The van der Waals surface area contributed by atoms with E-state index in [1.54, 1.807) is 20.8 Å². The molecule has 0 fully saturated rings. The molecule has 0 aliphatic rings. The molecule has 2 N–H and O–H groups in total. The molecule has 0 bridgehead atoms. The number of carboxylic acid groups (broad SMARTS) is 1. The molecule has 0 unspecified atom stereocenters. The maximum absolute atomic E-state index is 11.3. The van der Waals surface area contributed by atoms with Crippen molar-refractivity contribution in [1.29, 1.82) is 0 Å². The van der Waals surface area contributed by atoms with Crippen molar-refractivity contribution < 1.29 is 19.4 Å². The predicted molar refractivity (Wildman–Crippen MR) is 68.7 cm³/mol. The smallest absolute Gasteiger partial charge is 0.407 e. The van der Waals surface area contributed by atoms with E-state index in [0.29, 0.717) is 19.4 Å². The van der Waals surface area contributed by atoms with Gasteiger partial charge in [-0.3, -0.25) is 4.79 Å². The van der Waals surface area contributed by atoms with Gasteiger partial charge in [0.15, 0.2) is 0 Å². The van der Waals surface area contributed by atoms with Crippen molar-refractivity contribution in [3.63, 3.8) is 0 Å². The third-order valence-corrected chi connectivity index (χ3v) is 2.05. The summed E-state index contributed by atoms with van der Waals surface area (Å²) >= 11 is 0. The van der Waals surface area contributed by atoms with E-state index in [-0.39, 0.29) is 6.42 Å². The molecule has 1 atom stereocenters. The van der Waals surface area contributed by atoms with Crippen LogP contribution in [0.2, 0.25) is 0 Å². The molecule has 0 spiro atoms. The number of amides is 1. The fourth-order valence-electron chi connectivity index (χ4n) is 1.26. The minimum absolute atomic E-state index is 0.245. The molecule has 0 aliphatic heterocycles. The number of nitrogens with zero attached hydrogens (tertiary/aromatic N) is 3. The van der Waals surface area contributed by atoms with Gasteiger partial charge in [0.1, 0.15) is 11.6 Å². The number of ether oxygens (including phenoxy) is 1. The number of rotatable bonds is 7. The van der Waals surface area contributed by atoms with Crippen LogP contribution in [0.3, 0.4) is 0 Å². The van der Waals surface area contributed by atoms with Crippen LogP contribution in [-0.4, -0.2) is 35.4 Å².